The number of hydrogen-bond acceptors (Lipinski definition) is 5. The van der Waals surface area contributed by atoms with E-state index in [-0.39, 0.29) is 17.4 Å². The topological polar surface area (TPSA) is 97.9 Å². The van der Waals surface area contributed by atoms with Gasteiger partial charge in [0.1, 0.15) is 5.75 Å². The van der Waals surface area contributed by atoms with E-state index in [0.29, 0.717) is 25.1 Å². The molecule has 1 aromatic heterocycles. The van der Waals surface area contributed by atoms with Gasteiger partial charge in [0.05, 0.1) is 24.1 Å². The average Bonchev–Trinajstić information content (AvgIpc) is 3.02. The molecule has 1 aliphatic rings. The molecule has 8 heteroatoms. The molecule has 30 heavy (non-hydrogen) atoms. The van der Waals surface area contributed by atoms with Crippen LogP contribution in [0.3, 0.4) is 0 Å². The molecular formula is C22H25N5O3. The summed E-state index contributed by atoms with van der Waals surface area (Å²) in [6, 6.07) is 7.56. The number of rotatable bonds is 6. The Balaban J connectivity index is 1.63. The van der Waals surface area contributed by atoms with Crippen molar-refractivity contribution in [1.82, 2.24) is 15.1 Å². The number of amides is 2. The molecule has 2 aromatic rings. The van der Waals surface area contributed by atoms with Gasteiger partial charge in [0.15, 0.2) is 0 Å². The van der Waals surface area contributed by atoms with Crippen LogP contribution in [0.15, 0.2) is 46.4 Å². The maximum atomic E-state index is 12.3. The van der Waals surface area contributed by atoms with Crippen LogP contribution in [0.5, 0.6) is 5.75 Å². The van der Waals surface area contributed by atoms with Crippen LogP contribution < -0.4 is 10.1 Å². The Labute approximate surface area is 175 Å². The third-order valence-electron chi connectivity index (χ3n) is 5.05. The minimum absolute atomic E-state index is 0.0484. The van der Waals surface area contributed by atoms with Gasteiger partial charge in [-0.25, -0.2) is 9.67 Å². The predicted molar refractivity (Wildman–Crippen MR) is 115 cm³/mol. The van der Waals surface area contributed by atoms with Gasteiger partial charge in [0.25, 0.3) is 11.9 Å². The van der Waals surface area contributed by atoms with Gasteiger partial charge in [-0.3, -0.25) is 9.59 Å². The number of methoxy groups -OCH3 is 1. The Morgan fingerprint density at radius 2 is 1.87 bits per heavy atom. The molecule has 2 heterocycles. The molecule has 0 saturated carbocycles. The summed E-state index contributed by atoms with van der Waals surface area (Å²) in [6.45, 7) is 9.60. The summed E-state index contributed by atoms with van der Waals surface area (Å²) in [6.07, 6.45) is 0.858. The van der Waals surface area contributed by atoms with Crippen molar-refractivity contribution in [2.24, 2.45) is 9.98 Å². The van der Waals surface area contributed by atoms with E-state index in [1.807, 2.05) is 38.1 Å². The highest BCUT2D eigenvalue weighted by atomic mass is 16.5. The van der Waals surface area contributed by atoms with Crippen molar-refractivity contribution in [3.8, 4) is 5.75 Å². The second kappa shape index (κ2) is 8.86. The predicted octanol–water partition coefficient (Wildman–Crippen LogP) is 2.52. The van der Waals surface area contributed by atoms with Crippen molar-refractivity contribution in [3.63, 3.8) is 0 Å². The molecule has 0 radical (unpaired) electrons. The summed E-state index contributed by atoms with van der Waals surface area (Å²) in [5.74, 6) is 0.541. The van der Waals surface area contributed by atoms with Crippen LogP contribution in [0.25, 0.3) is 0 Å². The zero-order valence-electron chi connectivity index (χ0n) is 17.7. The Kier molecular flexibility index (Phi) is 6.25. The van der Waals surface area contributed by atoms with Gasteiger partial charge in [-0.15, -0.1) is 0 Å². The fourth-order valence-electron chi connectivity index (χ4n) is 3.15. The number of hydrogen-bond donors (Lipinski definition) is 1. The molecule has 1 aliphatic heterocycles. The van der Waals surface area contributed by atoms with Crippen molar-refractivity contribution in [2.45, 2.75) is 40.2 Å². The lowest BCUT2D eigenvalue weighted by Gasteiger charge is -2.11. The molecule has 0 bridgehead atoms. The molecule has 1 aromatic carbocycles. The maximum Gasteiger partial charge on any atom is 0.281 e. The van der Waals surface area contributed by atoms with Crippen LogP contribution in [-0.2, 0) is 22.6 Å². The fraction of sp³-hybridized carbons (Fsp3) is 0.318. The molecule has 0 aliphatic carbocycles. The van der Waals surface area contributed by atoms with Gasteiger partial charge in [-0.05, 0) is 50.5 Å². The lowest BCUT2D eigenvalue weighted by atomic mass is 10.1. The van der Waals surface area contributed by atoms with Gasteiger partial charge in [0, 0.05) is 18.7 Å². The number of carbonyl (C=O) groups is 2. The van der Waals surface area contributed by atoms with Gasteiger partial charge >= 0.3 is 0 Å². The highest BCUT2D eigenvalue weighted by Gasteiger charge is 2.22. The lowest BCUT2D eigenvalue weighted by molar-refractivity contribution is -0.121. The number of aromatic nitrogens is 2. The normalized spacial score (nSPS) is 13.7. The lowest BCUT2D eigenvalue weighted by Crippen LogP contribution is -2.24. The van der Waals surface area contributed by atoms with Crippen LogP contribution in [0.1, 0.15) is 35.9 Å². The SMILES string of the molecule is C=C1C(=O)N=C(n2nc(C)c(CCC(=O)NCc3ccc(OC)cc3)c2C)N=C1C. The largest absolute Gasteiger partial charge is 0.497 e. The first-order valence-corrected chi connectivity index (χ1v) is 9.63. The molecule has 0 spiro atoms. The zero-order valence-corrected chi connectivity index (χ0v) is 17.7. The summed E-state index contributed by atoms with van der Waals surface area (Å²) >= 11 is 0. The molecule has 0 unspecified atom stereocenters. The third kappa shape index (κ3) is 4.53. The summed E-state index contributed by atoms with van der Waals surface area (Å²) in [7, 11) is 1.62. The minimum Gasteiger partial charge on any atom is -0.497 e. The van der Waals surface area contributed by atoms with Crippen molar-refractivity contribution in [2.75, 3.05) is 7.11 Å². The third-order valence-corrected chi connectivity index (χ3v) is 5.05. The van der Waals surface area contributed by atoms with E-state index in [1.165, 1.54) is 0 Å². The standard InChI is InChI=1S/C22H25N5O3/c1-13-14(2)24-22(25-21(13)29)27-16(4)19(15(3)26-27)10-11-20(28)23-12-17-6-8-18(30-5)9-7-17/h6-9H,1,10-12H2,2-5H3,(H,23,28). The number of ether oxygens (including phenoxy) is 1. The first kappa shape index (κ1) is 21.2. The maximum absolute atomic E-state index is 12.3. The zero-order chi connectivity index (χ0) is 21.8. The van der Waals surface area contributed by atoms with E-state index < -0.39 is 5.91 Å². The first-order chi connectivity index (χ1) is 14.3. The quantitative estimate of drug-likeness (QED) is 0.744. The van der Waals surface area contributed by atoms with E-state index in [1.54, 1.807) is 18.7 Å². The van der Waals surface area contributed by atoms with Gasteiger partial charge < -0.3 is 10.1 Å². The Bertz CT molecular complexity index is 1060. The van der Waals surface area contributed by atoms with E-state index in [9.17, 15) is 9.59 Å². The molecule has 1 N–H and O–H groups in total. The van der Waals surface area contributed by atoms with Crippen LogP contribution in [-0.4, -0.2) is 40.4 Å². The van der Waals surface area contributed by atoms with Crippen molar-refractivity contribution < 1.29 is 14.3 Å². The van der Waals surface area contributed by atoms with Gasteiger partial charge in [-0.1, -0.05) is 18.7 Å². The smallest absolute Gasteiger partial charge is 0.281 e. The average molecular weight is 407 g/mol. The molecular weight excluding hydrogens is 382 g/mol. The Morgan fingerprint density at radius 1 is 1.17 bits per heavy atom. The highest BCUT2D eigenvalue weighted by Crippen LogP contribution is 2.18. The fourth-order valence-corrected chi connectivity index (χ4v) is 3.15. The van der Waals surface area contributed by atoms with E-state index in [0.717, 1.165) is 28.3 Å². The molecule has 0 atom stereocenters. The van der Waals surface area contributed by atoms with Crippen LogP contribution in [0.2, 0.25) is 0 Å². The summed E-state index contributed by atoms with van der Waals surface area (Å²) in [5.41, 5.74) is 4.35. The van der Waals surface area contributed by atoms with Crippen molar-refractivity contribution in [3.05, 3.63) is 58.9 Å². The van der Waals surface area contributed by atoms with Gasteiger partial charge in [-0.2, -0.15) is 10.1 Å². The summed E-state index contributed by atoms with van der Waals surface area (Å²) in [4.78, 5) is 32.6. The van der Waals surface area contributed by atoms with Crippen molar-refractivity contribution in [1.29, 1.82) is 0 Å². The second-order valence-electron chi connectivity index (χ2n) is 7.08. The summed E-state index contributed by atoms with van der Waals surface area (Å²) in [5, 5.41) is 7.39. The first-order valence-electron chi connectivity index (χ1n) is 9.63. The highest BCUT2D eigenvalue weighted by molar-refractivity contribution is 6.27. The van der Waals surface area contributed by atoms with E-state index >= 15 is 0 Å². The molecule has 3 rings (SSSR count). The molecule has 0 fully saturated rings. The minimum atomic E-state index is -0.412. The number of nitrogens with one attached hydrogen (secondary N) is 1. The number of carbonyl (C=O) groups excluding carboxylic acids is 2. The van der Waals surface area contributed by atoms with E-state index in [2.05, 4.69) is 27.0 Å². The van der Waals surface area contributed by atoms with Crippen LogP contribution >= 0.6 is 0 Å². The number of nitrogens with zero attached hydrogens (tertiary/aromatic N) is 4. The van der Waals surface area contributed by atoms with Crippen LogP contribution in [0.4, 0.5) is 0 Å². The monoisotopic (exact) mass is 407 g/mol. The van der Waals surface area contributed by atoms with Gasteiger partial charge in [0.2, 0.25) is 5.91 Å². The van der Waals surface area contributed by atoms with E-state index in [4.69, 9.17) is 4.74 Å². The Morgan fingerprint density at radius 3 is 2.50 bits per heavy atom. The molecule has 8 nitrogen and oxygen atoms in total. The number of aliphatic imine (C=N–C) groups is 2. The molecule has 2 amide bonds. The Hall–Kier alpha value is -3.55. The molecule has 0 saturated heterocycles. The van der Waals surface area contributed by atoms with Crippen LogP contribution in [0, 0.1) is 13.8 Å². The number of benzene rings is 1. The summed E-state index contributed by atoms with van der Waals surface area (Å²) < 4.78 is 6.68. The van der Waals surface area contributed by atoms with Crippen molar-refractivity contribution >= 4 is 23.5 Å². The molecule has 156 valence electrons. The second-order valence-corrected chi connectivity index (χ2v) is 7.08. The number of aryl methyl sites for hydroxylation is 1.